The molecule has 4 nitrogen and oxygen atoms in total. The number of rotatable bonds is 1. The molecule has 0 bridgehead atoms. The summed E-state index contributed by atoms with van der Waals surface area (Å²) in [5.74, 6) is -0.0194. The third-order valence-electron chi connectivity index (χ3n) is 2.82. The minimum Gasteiger partial charge on any atom is -0.493 e. The molecule has 0 spiro atoms. The highest BCUT2D eigenvalue weighted by Crippen LogP contribution is 2.20. The summed E-state index contributed by atoms with van der Waals surface area (Å²) >= 11 is 0. The van der Waals surface area contributed by atoms with Crippen molar-refractivity contribution < 1.29 is 5.11 Å². The molecule has 0 aliphatic carbocycles. The maximum absolute atomic E-state index is 12.3. The second kappa shape index (κ2) is 4.05. The van der Waals surface area contributed by atoms with Gasteiger partial charge in [-0.2, -0.15) is 0 Å². The van der Waals surface area contributed by atoms with Crippen molar-refractivity contribution >= 4 is 0 Å². The van der Waals surface area contributed by atoms with Gasteiger partial charge in [0.15, 0.2) is 0 Å². The van der Waals surface area contributed by atoms with E-state index in [1.165, 1.54) is 15.3 Å². The average molecular weight is 246 g/mol. The number of imidazole rings is 1. The lowest BCUT2D eigenvalue weighted by molar-refractivity contribution is 0.318. The van der Waals surface area contributed by atoms with Crippen molar-refractivity contribution in [2.45, 2.75) is 33.2 Å². The highest BCUT2D eigenvalue weighted by molar-refractivity contribution is 5.36. The van der Waals surface area contributed by atoms with Crippen LogP contribution in [0.1, 0.15) is 26.3 Å². The van der Waals surface area contributed by atoms with Crippen LogP contribution in [-0.4, -0.2) is 14.2 Å². The number of benzene rings is 1. The van der Waals surface area contributed by atoms with Crippen LogP contribution in [0.15, 0.2) is 35.3 Å². The summed E-state index contributed by atoms with van der Waals surface area (Å²) in [5, 5.41) is 9.92. The van der Waals surface area contributed by atoms with Crippen LogP contribution in [0.25, 0.3) is 5.69 Å². The molecule has 0 aliphatic heterocycles. The Morgan fingerprint density at radius 3 is 2.39 bits per heavy atom. The summed E-state index contributed by atoms with van der Waals surface area (Å²) in [6, 6.07) is 7.62. The third kappa shape index (κ3) is 2.06. The van der Waals surface area contributed by atoms with Crippen LogP contribution in [-0.2, 0) is 5.54 Å². The fourth-order valence-electron chi connectivity index (χ4n) is 2.03. The zero-order valence-corrected chi connectivity index (χ0v) is 11.1. The Morgan fingerprint density at radius 1 is 1.22 bits per heavy atom. The molecule has 0 saturated heterocycles. The van der Waals surface area contributed by atoms with E-state index in [1.54, 1.807) is 0 Å². The van der Waals surface area contributed by atoms with Crippen LogP contribution in [0.4, 0.5) is 0 Å². The lowest BCUT2D eigenvalue weighted by atomic mass is 10.1. The molecule has 96 valence electrons. The van der Waals surface area contributed by atoms with Crippen LogP contribution in [0.3, 0.4) is 0 Å². The summed E-state index contributed by atoms with van der Waals surface area (Å²) in [6.07, 6.45) is 1.46. The summed E-state index contributed by atoms with van der Waals surface area (Å²) in [6.45, 7) is 7.62. The standard InChI is InChI=1S/C14H18N2O2/c1-10-6-5-7-11(8-10)15-9-12(17)16(13(15)18)14(2,3)4/h5-9,17H,1-4H3. The SMILES string of the molecule is Cc1cccc(-n2cc(O)n(C(C)(C)C)c2=O)c1. The Balaban J connectivity index is 2.66. The zero-order valence-electron chi connectivity index (χ0n) is 11.1. The number of nitrogens with zero attached hydrogens (tertiary/aromatic N) is 2. The molecule has 0 unspecified atom stereocenters. The highest BCUT2D eigenvalue weighted by Gasteiger charge is 2.22. The summed E-state index contributed by atoms with van der Waals surface area (Å²) < 4.78 is 2.85. The van der Waals surface area contributed by atoms with E-state index in [0.717, 1.165) is 11.3 Å². The summed E-state index contributed by atoms with van der Waals surface area (Å²) in [4.78, 5) is 12.3. The van der Waals surface area contributed by atoms with Crippen LogP contribution in [0.2, 0.25) is 0 Å². The number of aromatic hydroxyl groups is 1. The van der Waals surface area contributed by atoms with Gasteiger partial charge in [-0.25, -0.2) is 4.79 Å². The lowest BCUT2D eigenvalue weighted by Gasteiger charge is -2.19. The molecular formula is C14H18N2O2. The van der Waals surface area contributed by atoms with E-state index in [0.29, 0.717) is 0 Å². The third-order valence-corrected chi connectivity index (χ3v) is 2.82. The molecule has 4 heteroatoms. The van der Waals surface area contributed by atoms with E-state index in [-0.39, 0.29) is 11.6 Å². The van der Waals surface area contributed by atoms with Gasteiger partial charge in [0.2, 0.25) is 5.88 Å². The van der Waals surface area contributed by atoms with E-state index in [2.05, 4.69) is 0 Å². The van der Waals surface area contributed by atoms with Crippen molar-refractivity contribution in [3.8, 4) is 11.6 Å². The average Bonchev–Trinajstić information content (AvgIpc) is 2.53. The topological polar surface area (TPSA) is 47.2 Å². The largest absolute Gasteiger partial charge is 0.493 e. The monoisotopic (exact) mass is 246 g/mol. The number of hydrogen-bond donors (Lipinski definition) is 1. The van der Waals surface area contributed by atoms with Crippen molar-refractivity contribution in [3.63, 3.8) is 0 Å². The minimum atomic E-state index is -0.448. The molecule has 0 amide bonds. The van der Waals surface area contributed by atoms with Gasteiger partial charge in [0.05, 0.1) is 11.9 Å². The van der Waals surface area contributed by atoms with Gasteiger partial charge >= 0.3 is 5.69 Å². The van der Waals surface area contributed by atoms with E-state index < -0.39 is 5.54 Å². The first kappa shape index (κ1) is 12.5. The first-order valence-electron chi connectivity index (χ1n) is 5.91. The Labute approximate surface area is 106 Å². The van der Waals surface area contributed by atoms with Gasteiger partial charge in [0, 0.05) is 5.54 Å². The van der Waals surface area contributed by atoms with Crippen molar-refractivity contribution in [2.24, 2.45) is 0 Å². The molecule has 0 saturated carbocycles. The van der Waals surface area contributed by atoms with Crippen molar-refractivity contribution in [1.82, 2.24) is 9.13 Å². The van der Waals surface area contributed by atoms with Gasteiger partial charge in [-0.1, -0.05) is 12.1 Å². The fraction of sp³-hybridized carbons (Fsp3) is 0.357. The molecule has 1 N–H and O–H groups in total. The molecule has 0 aliphatic rings. The van der Waals surface area contributed by atoms with E-state index in [9.17, 15) is 9.90 Å². The molecule has 1 aromatic heterocycles. The number of hydrogen-bond acceptors (Lipinski definition) is 2. The zero-order chi connectivity index (χ0) is 13.5. The predicted molar refractivity (Wildman–Crippen MR) is 71.4 cm³/mol. The molecule has 18 heavy (non-hydrogen) atoms. The van der Waals surface area contributed by atoms with Gasteiger partial charge < -0.3 is 5.11 Å². The maximum Gasteiger partial charge on any atom is 0.336 e. The highest BCUT2D eigenvalue weighted by atomic mass is 16.3. The Hall–Kier alpha value is -1.97. The normalized spacial score (nSPS) is 11.8. The first-order chi connectivity index (χ1) is 8.30. The molecular weight excluding hydrogens is 228 g/mol. The van der Waals surface area contributed by atoms with Gasteiger partial charge in [-0.15, -0.1) is 0 Å². The van der Waals surface area contributed by atoms with E-state index in [1.807, 2.05) is 52.0 Å². The van der Waals surface area contributed by atoms with Crippen LogP contribution >= 0.6 is 0 Å². The van der Waals surface area contributed by atoms with Crippen molar-refractivity contribution in [3.05, 3.63) is 46.5 Å². The smallest absolute Gasteiger partial charge is 0.336 e. The molecule has 0 radical (unpaired) electrons. The van der Waals surface area contributed by atoms with Crippen LogP contribution < -0.4 is 5.69 Å². The summed E-state index contributed by atoms with van der Waals surface area (Å²) in [5.41, 5.74) is 1.15. The lowest BCUT2D eigenvalue weighted by Crippen LogP contribution is -2.34. The van der Waals surface area contributed by atoms with E-state index >= 15 is 0 Å². The number of aromatic nitrogens is 2. The molecule has 1 aromatic carbocycles. The number of aryl methyl sites for hydroxylation is 1. The van der Waals surface area contributed by atoms with E-state index in [4.69, 9.17) is 0 Å². The first-order valence-corrected chi connectivity index (χ1v) is 5.91. The predicted octanol–water partition coefficient (Wildman–Crippen LogP) is 2.41. The van der Waals surface area contributed by atoms with Gasteiger partial charge in [0.25, 0.3) is 0 Å². The quantitative estimate of drug-likeness (QED) is 0.840. The Bertz CT molecular complexity index is 630. The van der Waals surface area contributed by atoms with Gasteiger partial charge in [-0.05, 0) is 45.4 Å². The molecule has 1 heterocycles. The van der Waals surface area contributed by atoms with Crippen LogP contribution in [0.5, 0.6) is 5.88 Å². The van der Waals surface area contributed by atoms with Gasteiger partial charge in [0.1, 0.15) is 0 Å². The van der Waals surface area contributed by atoms with Crippen LogP contribution in [0, 0.1) is 6.92 Å². The van der Waals surface area contributed by atoms with Crippen molar-refractivity contribution in [2.75, 3.05) is 0 Å². The summed E-state index contributed by atoms with van der Waals surface area (Å²) in [7, 11) is 0. The van der Waals surface area contributed by atoms with Crippen molar-refractivity contribution in [1.29, 1.82) is 0 Å². The Kier molecular flexibility index (Phi) is 2.81. The second-order valence-electron chi connectivity index (χ2n) is 5.49. The molecule has 2 aromatic rings. The fourth-order valence-corrected chi connectivity index (χ4v) is 2.03. The minimum absolute atomic E-state index is 0.0194. The second-order valence-corrected chi connectivity index (χ2v) is 5.49. The Morgan fingerprint density at radius 2 is 1.89 bits per heavy atom. The van der Waals surface area contributed by atoms with Gasteiger partial charge in [-0.3, -0.25) is 9.13 Å². The maximum atomic E-state index is 12.3. The molecule has 0 fully saturated rings. The molecule has 0 atom stereocenters. The molecule has 2 rings (SSSR count).